The van der Waals surface area contributed by atoms with Crippen molar-refractivity contribution in [1.82, 2.24) is 0 Å². The van der Waals surface area contributed by atoms with Crippen LogP contribution in [0.15, 0.2) is 12.1 Å². The van der Waals surface area contributed by atoms with Crippen LogP contribution in [0.2, 0.25) is 10.0 Å². The first-order chi connectivity index (χ1) is 5.20. The van der Waals surface area contributed by atoms with Crippen molar-refractivity contribution in [3.05, 3.63) is 22.2 Å². The summed E-state index contributed by atoms with van der Waals surface area (Å²) in [5, 5.41) is 8.71. The molecule has 0 aliphatic heterocycles. The third-order valence-electron chi connectivity index (χ3n) is 1.26. The van der Waals surface area contributed by atoms with Crippen molar-refractivity contribution in [3.8, 4) is 17.2 Å². The van der Waals surface area contributed by atoms with Crippen LogP contribution in [0.5, 0.6) is 0 Å². The Balaban J connectivity index is 0.000000179. The van der Waals surface area contributed by atoms with Crippen LogP contribution in [-0.2, 0) is 0 Å². The molecular weight excluding hydrogens is 181 g/mol. The maximum Gasteiger partial charge on any atom is 0.0671 e. The highest BCUT2D eigenvalue weighted by atomic mass is 35.5. The van der Waals surface area contributed by atoms with Gasteiger partial charge in [0.05, 0.1) is 16.1 Å². The van der Waals surface area contributed by atoms with E-state index in [0.29, 0.717) is 10.0 Å². The molecule has 0 amide bonds. The number of rotatable bonds is 0. The van der Waals surface area contributed by atoms with Crippen molar-refractivity contribution in [2.45, 2.75) is 6.92 Å². The summed E-state index contributed by atoms with van der Waals surface area (Å²) in [4.78, 5) is 0. The summed E-state index contributed by atoms with van der Waals surface area (Å²) < 4.78 is 0. The highest BCUT2D eigenvalue weighted by molar-refractivity contribution is 6.45. The second kappa shape index (κ2) is 3.13. The molecule has 0 aromatic carbocycles. The molecule has 3 heteroatoms. The Hall–Kier alpha value is -0.710. The maximum absolute atomic E-state index is 7.32. The second-order valence-corrected chi connectivity index (χ2v) is 2.83. The van der Waals surface area contributed by atoms with Gasteiger partial charge in [0, 0.05) is 12.5 Å². The number of benzene rings is 1. The predicted molar refractivity (Wildman–Crippen MR) is 46.7 cm³/mol. The lowest BCUT2D eigenvalue weighted by Crippen LogP contribution is -1.48. The van der Waals surface area contributed by atoms with E-state index in [4.69, 9.17) is 28.5 Å². The molecule has 0 aromatic rings. The number of hydrogen-bond acceptors (Lipinski definition) is 1. The lowest BCUT2D eigenvalue weighted by atomic mass is 10.5. The second-order valence-electron chi connectivity index (χ2n) is 2.04. The van der Waals surface area contributed by atoms with Crippen molar-refractivity contribution in [1.29, 1.82) is 5.26 Å². The van der Waals surface area contributed by atoms with Gasteiger partial charge in [0.15, 0.2) is 0 Å². The van der Waals surface area contributed by atoms with Crippen LogP contribution in [-0.4, -0.2) is 0 Å². The molecule has 56 valence electrons. The normalized spacial score (nSPS) is 9.27. The van der Waals surface area contributed by atoms with Crippen LogP contribution in [0.4, 0.5) is 0 Å². The van der Waals surface area contributed by atoms with Gasteiger partial charge >= 0.3 is 0 Å². The van der Waals surface area contributed by atoms with Gasteiger partial charge < -0.3 is 0 Å². The Morgan fingerprint density at radius 3 is 2.09 bits per heavy atom. The predicted octanol–water partition coefficient (Wildman–Crippen LogP) is 3.50. The number of nitrogens with zero attached hydrogens (tertiary/aromatic N) is 1. The topological polar surface area (TPSA) is 23.8 Å². The Bertz CT molecular complexity index is 326. The average molecular weight is 186 g/mol. The molecule has 0 spiro atoms. The van der Waals surface area contributed by atoms with E-state index in [9.17, 15) is 0 Å². The minimum atomic E-state index is 0.680. The molecule has 2 rings (SSSR count). The molecule has 0 fully saturated rings. The van der Waals surface area contributed by atoms with E-state index in [1.54, 1.807) is 6.07 Å². The van der Waals surface area contributed by atoms with Gasteiger partial charge in [0.25, 0.3) is 0 Å². The minimum Gasteiger partial charge on any atom is -0.199 e. The molecule has 0 heterocycles. The molecule has 0 aromatic heterocycles. The highest BCUT2D eigenvalue weighted by Gasteiger charge is 2.19. The molecule has 2 aliphatic rings. The zero-order valence-electron chi connectivity index (χ0n) is 5.86. The minimum absolute atomic E-state index is 0.680. The summed E-state index contributed by atoms with van der Waals surface area (Å²) in [6, 6.07) is 5.63. The summed E-state index contributed by atoms with van der Waals surface area (Å²) in [5.74, 6) is 0. The third-order valence-corrected chi connectivity index (χ3v) is 2.06. The van der Waals surface area contributed by atoms with E-state index < -0.39 is 0 Å². The van der Waals surface area contributed by atoms with Crippen molar-refractivity contribution in [3.63, 3.8) is 0 Å². The van der Waals surface area contributed by atoms with Gasteiger partial charge in [0.1, 0.15) is 0 Å². The lowest BCUT2D eigenvalue weighted by Gasteiger charge is -1.77. The fourth-order valence-electron chi connectivity index (χ4n) is 0.757. The van der Waals surface area contributed by atoms with Gasteiger partial charge in [0.2, 0.25) is 0 Å². The lowest BCUT2D eigenvalue weighted by molar-refractivity contribution is 1.49. The van der Waals surface area contributed by atoms with Crippen LogP contribution < -0.4 is 0 Å². The van der Waals surface area contributed by atoms with Crippen LogP contribution in [0.25, 0.3) is 11.1 Å². The molecule has 1 nitrogen and oxygen atoms in total. The van der Waals surface area contributed by atoms with Gasteiger partial charge in [-0.1, -0.05) is 23.2 Å². The smallest absolute Gasteiger partial charge is 0.0671 e. The number of halogens is 2. The third kappa shape index (κ3) is 1.65. The van der Waals surface area contributed by atoms with Crippen LogP contribution in [0.1, 0.15) is 6.92 Å². The van der Waals surface area contributed by atoms with Crippen molar-refractivity contribution >= 4 is 23.2 Å². The fourth-order valence-corrected chi connectivity index (χ4v) is 1.20. The van der Waals surface area contributed by atoms with E-state index in [0.717, 1.165) is 5.56 Å². The molecule has 0 radical (unpaired) electrons. The molecule has 0 saturated heterocycles. The Morgan fingerprint density at radius 1 is 1.36 bits per heavy atom. The zero-order chi connectivity index (χ0) is 8.43. The van der Waals surface area contributed by atoms with Crippen LogP contribution in [0.3, 0.4) is 0 Å². The molecule has 2 aliphatic carbocycles. The van der Waals surface area contributed by atoms with E-state index in [-0.39, 0.29) is 0 Å². The van der Waals surface area contributed by atoms with Gasteiger partial charge in [-0.2, -0.15) is 5.26 Å². The summed E-state index contributed by atoms with van der Waals surface area (Å²) in [5.41, 5.74) is 2.32. The monoisotopic (exact) mass is 185 g/mol. The van der Waals surface area contributed by atoms with E-state index >= 15 is 0 Å². The van der Waals surface area contributed by atoms with Crippen LogP contribution >= 0.6 is 23.2 Å². The first kappa shape index (κ1) is 8.39. The van der Waals surface area contributed by atoms with E-state index in [1.165, 1.54) is 12.5 Å². The maximum atomic E-state index is 7.32. The molecule has 11 heavy (non-hydrogen) atoms. The number of nitriles is 1. The summed E-state index contributed by atoms with van der Waals surface area (Å²) in [6.07, 6.45) is 0. The average Bonchev–Trinajstić information content (AvgIpc) is 2.62. The van der Waals surface area contributed by atoms with E-state index in [1.807, 2.05) is 12.1 Å². The molecule has 0 N–H and O–H groups in total. The summed E-state index contributed by atoms with van der Waals surface area (Å²) >= 11 is 11.3. The molecule has 0 bridgehead atoms. The van der Waals surface area contributed by atoms with Gasteiger partial charge in [-0.15, -0.1) is 0 Å². The Kier molecular flexibility index (Phi) is 2.38. The number of fused-ring (bicyclic) bond motifs is 1. The zero-order valence-corrected chi connectivity index (χ0v) is 7.37. The Morgan fingerprint density at radius 2 is 1.91 bits per heavy atom. The summed E-state index contributed by atoms with van der Waals surface area (Å²) in [6.45, 7) is 1.43. The first-order valence-electron chi connectivity index (χ1n) is 3.01. The Labute approximate surface area is 75.2 Å². The molecule has 0 unspecified atom stereocenters. The van der Waals surface area contributed by atoms with E-state index in [2.05, 4.69) is 0 Å². The van der Waals surface area contributed by atoms with Crippen LogP contribution in [0, 0.1) is 11.3 Å². The van der Waals surface area contributed by atoms with Gasteiger partial charge in [-0.3, -0.25) is 0 Å². The highest BCUT2D eigenvalue weighted by Crippen LogP contribution is 2.46. The standard InChI is InChI=1S/C6H2Cl2.C2H3N/c7-5-2-3-1-4(3)6(5)8;1-2-3/h1-2H;1H3. The van der Waals surface area contributed by atoms with Gasteiger partial charge in [-0.25, -0.2) is 0 Å². The summed E-state index contributed by atoms with van der Waals surface area (Å²) in [7, 11) is 0. The largest absolute Gasteiger partial charge is 0.199 e. The van der Waals surface area contributed by atoms with Crippen molar-refractivity contribution < 1.29 is 0 Å². The van der Waals surface area contributed by atoms with Crippen molar-refractivity contribution in [2.24, 2.45) is 0 Å². The quantitative estimate of drug-likeness (QED) is 0.617. The SMILES string of the molecule is CC#N.Clc1cc2cc-2c1Cl. The molecule has 0 saturated carbocycles. The first-order valence-corrected chi connectivity index (χ1v) is 3.76. The molecule has 0 atom stereocenters. The van der Waals surface area contributed by atoms with Gasteiger partial charge in [-0.05, 0) is 17.7 Å². The number of hydrogen-bond donors (Lipinski definition) is 0. The fraction of sp³-hybridized carbons (Fsp3) is 0.125. The molecular formula is C8H5Cl2N. The van der Waals surface area contributed by atoms with Crippen molar-refractivity contribution in [2.75, 3.05) is 0 Å².